The largest absolute Gasteiger partial charge is 2.00 e. The molecular formula is C34H26CuN4O4. The number of benzene rings is 4. The molecule has 2 aliphatic rings. The molecule has 2 aromatic heterocycles. The first kappa shape index (κ1) is 28.2. The van der Waals surface area contributed by atoms with Crippen LogP contribution in [0.2, 0.25) is 0 Å². The standard InChI is InChI=1S/2C17H13N2O2.Cu/c2*1-2-11(16-18-12-7-3-5-9-14(12)20-16)17-19-13-8-4-6-10-15(13)21-17;/h2*3-10H,2H2,1H3;/q2*-1;+2/b2*16-11+;. The quantitative estimate of drug-likeness (QED) is 0.182. The van der Waals surface area contributed by atoms with Gasteiger partial charge in [-0.3, -0.25) is 0 Å². The van der Waals surface area contributed by atoms with Gasteiger partial charge in [0.2, 0.25) is 11.8 Å². The van der Waals surface area contributed by atoms with Gasteiger partial charge >= 0.3 is 17.1 Å². The summed E-state index contributed by atoms with van der Waals surface area (Å²) in [7, 11) is 0. The number of rotatable bonds is 4. The third-order valence-electron chi connectivity index (χ3n) is 6.92. The Bertz CT molecular complexity index is 1730. The predicted octanol–water partition coefficient (Wildman–Crippen LogP) is 10.0. The molecule has 2 aliphatic heterocycles. The fraction of sp³-hybridized carbons (Fsp3) is 0.118. The van der Waals surface area contributed by atoms with E-state index in [0.29, 0.717) is 23.5 Å². The van der Waals surface area contributed by atoms with Crippen LogP contribution in [0.15, 0.2) is 118 Å². The summed E-state index contributed by atoms with van der Waals surface area (Å²) in [6.07, 6.45) is 1.47. The Morgan fingerprint density at radius 2 is 0.953 bits per heavy atom. The zero-order valence-electron chi connectivity index (χ0n) is 23.4. The molecule has 0 bridgehead atoms. The number of allylic oxidation sites excluding steroid dienone is 2. The van der Waals surface area contributed by atoms with Crippen LogP contribution < -0.4 is 9.47 Å². The first-order chi connectivity index (χ1) is 20.7. The molecule has 0 unspecified atom stereocenters. The Morgan fingerprint density at radius 1 is 0.558 bits per heavy atom. The van der Waals surface area contributed by atoms with E-state index in [1.54, 1.807) is 0 Å². The van der Waals surface area contributed by atoms with E-state index in [0.717, 1.165) is 69.1 Å². The third-order valence-corrected chi connectivity index (χ3v) is 6.92. The van der Waals surface area contributed by atoms with Gasteiger partial charge in [-0.05, 0) is 49.2 Å². The van der Waals surface area contributed by atoms with Crippen molar-refractivity contribution in [1.82, 2.24) is 9.97 Å². The van der Waals surface area contributed by atoms with Crippen molar-refractivity contribution in [2.24, 2.45) is 0 Å². The SMILES string of the molecule is CC/C(=C1/[N-]c2ccccc2O1)c1nc2ccccc2o1.CC/C(=C1/[N-]c2ccccc2O1)c1nc2ccccc2o1.[Cu+2]. The van der Waals surface area contributed by atoms with Crippen molar-refractivity contribution in [3.8, 4) is 11.5 Å². The van der Waals surface area contributed by atoms with E-state index >= 15 is 0 Å². The maximum absolute atomic E-state index is 5.82. The Kier molecular flexibility index (Phi) is 7.92. The normalized spacial score (nSPS) is 15.1. The van der Waals surface area contributed by atoms with Crippen LogP contribution in [0.3, 0.4) is 0 Å². The van der Waals surface area contributed by atoms with Crippen LogP contribution in [-0.2, 0) is 17.1 Å². The van der Waals surface area contributed by atoms with Crippen LogP contribution in [0.1, 0.15) is 38.5 Å². The summed E-state index contributed by atoms with van der Waals surface area (Å²) in [5.41, 5.74) is 6.67. The zero-order chi connectivity index (χ0) is 28.5. The molecule has 8 nitrogen and oxygen atoms in total. The molecule has 0 fully saturated rings. The van der Waals surface area contributed by atoms with Gasteiger partial charge in [-0.15, -0.1) is 0 Å². The van der Waals surface area contributed by atoms with Crippen LogP contribution >= 0.6 is 0 Å². The van der Waals surface area contributed by atoms with Crippen molar-refractivity contribution in [2.45, 2.75) is 26.7 Å². The maximum Gasteiger partial charge on any atom is 2.00 e. The van der Waals surface area contributed by atoms with Gasteiger partial charge in [-0.1, -0.05) is 85.9 Å². The van der Waals surface area contributed by atoms with Gasteiger partial charge < -0.3 is 28.9 Å². The minimum atomic E-state index is 0. The molecule has 0 spiro atoms. The Hall–Kier alpha value is -4.98. The molecule has 4 aromatic carbocycles. The van der Waals surface area contributed by atoms with Crippen molar-refractivity contribution >= 4 is 44.7 Å². The third kappa shape index (κ3) is 5.48. The van der Waals surface area contributed by atoms with Crippen LogP contribution in [0.5, 0.6) is 11.5 Å². The van der Waals surface area contributed by atoms with Gasteiger partial charge in [-0.25, -0.2) is 9.97 Å². The fourth-order valence-corrected chi connectivity index (χ4v) is 4.79. The van der Waals surface area contributed by atoms with Crippen molar-refractivity contribution in [1.29, 1.82) is 0 Å². The van der Waals surface area contributed by atoms with Gasteiger partial charge in [0, 0.05) is 22.9 Å². The number of ether oxygens (including phenoxy) is 2. The molecule has 0 atom stereocenters. The molecule has 6 aromatic rings. The van der Waals surface area contributed by atoms with E-state index in [9.17, 15) is 0 Å². The molecule has 43 heavy (non-hydrogen) atoms. The molecule has 0 saturated heterocycles. The summed E-state index contributed by atoms with van der Waals surface area (Å²) in [4.78, 5) is 9.05. The van der Waals surface area contributed by atoms with E-state index in [1.807, 2.05) is 111 Å². The first-order valence-electron chi connectivity index (χ1n) is 13.9. The van der Waals surface area contributed by atoms with E-state index in [1.165, 1.54) is 0 Å². The summed E-state index contributed by atoms with van der Waals surface area (Å²) >= 11 is 0. The maximum atomic E-state index is 5.82. The molecule has 217 valence electrons. The first-order valence-corrected chi connectivity index (χ1v) is 13.9. The predicted molar refractivity (Wildman–Crippen MR) is 163 cm³/mol. The number of aromatic nitrogens is 2. The van der Waals surface area contributed by atoms with E-state index < -0.39 is 0 Å². The monoisotopic (exact) mass is 617 g/mol. The molecule has 8 rings (SSSR count). The summed E-state index contributed by atoms with van der Waals surface area (Å²) in [5, 5.41) is 9.05. The van der Waals surface area contributed by atoms with Gasteiger partial charge in [0.15, 0.2) is 11.2 Å². The smallest absolute Gasteiger partial charge is 0.624 e. The number of oxazole rings is 2. The van der Waals surface area contributed by atoms with E-state index in [2.05, 4.69) is 20.6 Å². The van der Waals surface area contributed by atoms with Gasteiger partial charge in [-0.2, -0.15) is 0 Å². The number of nitrogens with zero attached hydrogens (tertiary/aromatic N) is 4. The molecular weight excluding hydrogens is 592 g/mol. The minimum Gasteiger partial charge on any atom is -0.624 e. The van der Waals surface area contributed by atoms with Gasteiger partial charge in [0.05, 0.1) is 0 Å². The molecule has 0 amide bonds. The zero-order valence-corrected chi connectivity index (χ0v) is 24.3. The number of hydrogen-bond acceptors (Lipinski definition) is 6. The summed E-state index contributed by atoms with van der Waals surface area (Å²) in [6, 6.07) is 30.9. The van der Waals surface area contributed by atoms with E-state index in [4.69, 9.17) is 18.3 Å². The number of para-hydroxylation sites is 8. The molecule has 0 aliphatic carbocycles. The molecule has 1 radical (unpaired) electrons. The summed E-state index contributed by atoms with van der Waals surface area (Å²) < 4.78 is 23.3. The summed E-state index contributed by atoms with van der Waals surface area (Å²) in [5.74, 6) is 3.84. The number of hydrogen-bond donors (Lipinski definition) is 0. The average Bonchev–Trinajstić information content (AvgIpc) is 3.82. The van der Waals surface area contributed by atoms with Crippen LogP contribution in [0, 0.1) is 0 Å². The molecule has 9 heteroatoms. The Balaban J connectivity index is 0.000000150. The fourth-order valence-electron chi connectivity index (χ4n) is 4.79. The Morgan fingerprint density at radius 3 is 1.35 bits per heavy atom. The van der Waals surface area contributed by atoms with Crippen LogP contribution in [-0.4, -0.2) is 9.97 Å². The average molecular weight is 618 g/mol. The minimum absolute atomic E-state index is 0. The second kappa shape index (κ2) is 12.1. The number of fused-ring (bicyclic) bond motifs is 4. The van der Waals surface area contributed by atoms with E-state index in [-0.39, 0.29) is 17.1 Å². The Labute approximate surface area is 258 Å². The summed E-state index contributed by atoms with van der Waals surface area (Å²) in [6.45, 7) is 4.08. The van der Waals surface area contributed by atoms with Crippen molar-refractivity contribution in [3.63, 3.8) is 0 Å². The van der Waals surface area contributed by atoms with Crippen molar-refractivity contribution < 1.29 is 35.4 Å². The van der Waals surface area contributed by atoms with Crippen LogP contribution in [0.4, 0.5) is 11.4 Å². The molecule has 4 heterocycles. The van der Waals surface area contributed by atoms with Crippen molar-refractivity contribution in [2.75, 3.05) is 0 Å². The second-order valence-electron chi connectivity index (χ2n) is 9.61. The van der Waals surface area contributed by atoms with Crippen LogP contribution in [0.25, 0.3) is 44.0 Å². The molecule has 0 saturated carbocycles. The van der Waals surface area contributed by atoms with Gasteiger partial charge in [0.1, 0.15) is 22.5 Å². The molecule has 0 N–H and O–H groups in total. The topological polar surface area (TPSA) is 98.7 Å². The second-order valence-corrected chi connectivity index (χ2v) is 9.61. The van der Waals surface area contributed by atoms with Gasteiger partial charge in [0.25, 0.3) is 0 Å². The van der Waals surface area contributed by atoms with Crippen molar-refractivity contribution in [3.05, 3.63) is 131 Å².